The largest absolute Gasteiger partial charge is 0.350 e. The summed E-state index contributed by atoms with van der Waals surface area (Å²) in [5.41, 5.74) is 3.97. The van der Waals surface area contributed by atoms with Gasteiger partial charge in [0.05, 0.1) is 10.7 Å². The predicted octanol–water partition coefficient (Wildman–Crippen LogP) is 4.74. The molecule has 0 saturated carbocycles. The Labute approximate surface area is 175 Å². The van der Waals surface area contributed by atoms with E-state index < -0.39 is 0 Å². The molecular weight excluding hydrogens is 382 g/mol. The Hall–Kier alpha value is -2.99. The second-order valence-corrected chi connectivity index (χ2v) is 8.38. The van der Waals surface area contributed by atoms with E-state index in [0.29, 0.717) is 22.5 Å². The maximum absolute atomic E-state index is 12.8. The highest BCUT2D eigenvalue weighted by Gasteiger charge is 2.17. The van der Waals surface area contributed by atoms with Gasteiger partial charge in [0, 0.05) is 23.7 Å². The van der Waals surface area contributed by atoms with E-state index >= 15 is 0 Å². The van der Waals surface area contributed by atoms with E-state index in [4.69, 9.17) is 0 Å². The number of carbonyl (C=O) groups is 2. The van der Waals surface area contributed by atoms with Gasteiger partial charge in [-0.3, -0.25) is 9.59 Å². The van der Waals surface area contributed by atoms with Crippen LogP contribution < -0.4 is 10.6 Å². The molecule has 1 aromatic heterocycles. The quantitative estimate of drug-likeness (QED) is 0.620. The lowest BCUT2D eigenvalue weighted by Gasteiger charge is -2.12. The molecule has 0 fully saturated rings. The number of thiazole rings is 1. The molecule has 0 bridgehead atoms. The second-order valence-electron chi connectivity index (χ2n) is 7.30. The van der Waals surface area contributed by atoms with E-state index in [0.717, 1.165) is 16.3 Å². The van der Waals surface area contributed by atoms with E-state index in [1.54, 1.807) is 12.1 Å². The average Bonchev–Trinajstić information content (AvgIpc) is 3.02. The van der Waals surface area contributed by atoms with Crippen molar-refractivity contribution in [3.05, 3.63) is 80.8 Å². The molecule has 0 aliphatic heterocycles. The summed E-state index contributed by atoms with van der Waals surface area (Å²) in [5.74, 6) is -0.294. The van der Waals surface area contributed by atoms with Gasteiger partial charge in [-0.15, -0.1) is 11.3 Å². The van der Waals surface area contributed by atoms with Crippen molar-refractivity contribution >= 4 is 28.8 Å². The number of amides is 2. The van der Waals surface area contributed by atoms with E-state index in [1.807, 2.05) is 52.0 Å². The molecule has 0 atom stereocenters. The summed E-state index contributed by atoms with van der Waals surface area (Å²) in [6.45, 7) is 7.56. The normalized spacial score (nSPS) is 10.8. The fourth-order valence-electron chi connectivity index (χ4n) is 3.03. The van der Waals surface area contributed by atoms with Gasteiger partial charge in [-0.05, 0) is 57.0 Å². The molecule has 0 saturated heterocycles. The summed E-state index contributed by atoms with van der Waals surface area (Å²) in [5, 5.41) is 6.72. The van der Waals surface area contributed by atoms with Crippen molar-refractivity contribution in [3.8, 4) is 0 Å². The Balaban J connectivity index is 1.72. The molecule has 3 rings (SSSR count). The number of aromatic nitrogens is 1. The minimum atomic E-state index is -0.182. The topological polar surface area (TPSA) is 71.1 Å². The number of carbonyl (C=O) groups excluding carboxylic acids is 2. The van der Waals surface area contributed by atoms with Crippen LogP contribution in [0.1, 0.15) is 55.7 Å². The van der Waals surface area contributed by atoms with Gasteiger partial charge in [0.2, 0.25) is 0 Å². The zero-order valence-corrected chi connectivity index (χ0v) is 17.9. The van der Waals surface area contributed by atoms with E-state index in [-0.39, 0.29) is 17.9 Å². The molecule has 6 heteroatoms. The van der Waals surface area contributed by atoms with Gasteiger partial charge in [0.15, 0.2) is 0 Å². The molecule has 3 aromatic rings. The van der Waals surface area contributed by atoms with E-state index in [2.05, 4.69) is 27.8 Å². The number of nitrogens with one attached hydrogen (secondary N) is 2. The van der Waals surface area contributed by atoms with Gasteiger partial charge in [-0.1, -0.05) is 30.3 Å². The van der Waals surface area contributed by atoms with Crippen molar-refractivity contribution in [2.75, 3.05) is 5.32 Å². The molecule has 2 aromatic carbocycles. The first-order valence-electron chi connectivity index (χ1n) is 9.56. The fraction of sp³-hybridized carbons (Fsp3) is 0.261. The molecule has 5 nitrogen and oxygen atoms in total. The van der Waals surface area contributed by atoms with Crippen LogP contribution in [0, 0.1) is 13.8 Å². The maximum Gasteiger partial charge on any atom is 0.267 e. The molecule has 0 aliphatic rings. The molecule has 150 valence electrons. The molecule has 1 heterocycles. The van der Waals surface area contributed by atoms with E-state index in [9.17, 15) is 9.59 Å². The van der Waals surface area contributed by atoms with Gasteiger partial charge in [0.1, 0.15) is 4.88 Å². The van der Waals surface area contributed by atoms with Crippen LogP contribution >= 0.6 is 11.3 Å². The summed E-state index contributed by atoms with van der Waals surface area (Å²) in [7, 11) is 0. The number of hydrogen-bond donors (Lipinski definition) is 2. The van der Waals surface area contributed by atoms with Crippen LogP contribution in [0.3, 0.4) is 0 Å². The molecule has 29 heavy (non-hydrogen) atoms. The van der Waals surface area contributed by atoms with E-state index in [1.165, 1.54) is 16.9 Å². The predicted molar refractivity (Wildman–Crippen MR) is 118 cm³/mol. The number of benzene rings is 2. The lowest BCUT2D eigenvalue weighted by atomic mass is 10.1. The van der Waals surface area contributed by atoms with Gasteiger partial charge in [-0.2, -0.15) is 0 Å². The molecule has 0 aliphatic carbocycles. The Bertz CT molecular complexity index is 1030. The zero-order valence-electron chi connectivity index (χ0n) is 17.1. The van der Waals surface area contributed by atoms with Crippen LogP contribution in [-0.4, -0.2) is 22.8 Å². The SMILES string of the molecule is Cc1cc(NC(=O)c2sc(Cc3ccccc3)nc2C)ccc1C(=O)NC(C)C. The van der Waals surface area contributed by atoms with Crippen LogP contribution in [-0.2, 0) is 6.42 Å². The van der Waals surface area contributed by atoms with Crippen LogP contribution in [0.5, 0.6) is 0 Å². The van der Waals surface area contributed by atoms with Gasteiger partial charge in [0.25, 0.3) is 11.8 Å². The summed E-state index contributed by atoms with van der Waals surface area (Å²) in [4.78, 5) is 30.1. The molecule has 2 amide bonds. The summed E-state index contributed by atoms with van der Waals surface area (Å²) in [6.07, 6.45) is 0.707. The number of aryl methyl sites for hydroxylation is 2. The highest BCUT2D eigenvalue weighted by atomic mass is 32.1. The van der Waals surface area contributed by atoms with Crippen LogP contribution in [0.25, 0.3) is 0 Å². The Morgan fingerprint density at radius 3 is 2.41 bits per heavy atom. The minimum Gasteiger partial charge on any atom is -0.350 e. The van der Waals surface area contributed by atoms with Crippen molar-refractivity contribution in [2.45, 2.75) is 40.2 Å². The Morgan fingerprint density at radius 2 is 1.76 bits per heavy atom. The van der Waals surface area contributed by atoms with Crippen LogP contribution in [0.4, 0.5) is 5.69 Å². The first kappa shape index (κ1) is 20.7. The Kier molecular flexibility index (Phi) is 6.44. The third-order valence-electron chi connectivity index (χ3n) is 4.39. The standard InChI is InChI=1S/C23H25N3O2S/c1-14(2)24-22(27)19-11-10-18(12-15(19)3)26-23(28)21-16(4)25-20(29-21)13-17-8-6-5-7-9-17/h5-12,14H,13H2,1-4H3,(H,24,27)(H,26,28). The second kappa shape index (κ2) is 9.01. The number of anilines is 1. The smallest absolute Gasteiger partial charge is 0.267 e. The minimum absolute atomic E-state index is 0.0701. The molecular formula is C23H25N3O2S. The molecule has 0 spiro atoms. The third kappa shape index (κ3) is 5.29. The van der Waals surface area contributed by atoms with Crippen molar-refractivity contribution in [2.24, 2.45) is 0 Å². The monoisotopic (exact) mass is 407 g/mol. The first-order valence-corrected chi connectivity index (χ1v) is 10.4. The lowest BCUT2D eigenvalue weighted by Crippen LogP contribution is -2.30. The highest BCUT2D eigenvalue weighted by molar-refractivity contribution is 7.14. The zero-order chi connectivity index (χ0) is 21.0. The van der Waals surface area contributed by atoms with Gasteiger partial charge in [-0.25, -0.2) is 4.98 Å². The van der Waals surface area contributed by atoms with Crippen molar-refractivity contribution in [1.29, 1.82) is 0 Å². The molecule has 0 radical (unpaired) electrons. The van der Waals surface area contributed by atoms with Crippen LogP contribution in [0.15, 0.2) is 48.5 Å². The van der Waals surface area contributed by atoms with Crippen molar-refractivity contribution in [3.63, 3.8) is 0 Å². The average molecular weight is 408 g/mol. The summed E-state index contributed by atoms with van der Waals surface area (Å²) >= 11 is 1.41. The van der Waals surface area contributed by atoms with Crippen LogP contribution in [0.2, 0.25) is 0 Å². The van der Waals surface area contributed by atoms with Gasteiger partial charge >= 0.3 is 0 Å². The van der Waals surface area contributed by atoms with Crippen molar-refractivity contribution in [1.82, 2.24) is 10.3 Å². The highest BCUT2D eigenvalue weighted by Crippen LogP contribution is 2.23. The lowest BCUT2D eigenvalue weighted by molar-refractivity contribution is 0.0942. The summed E-state index contributed by atoms with van der Waals surface area (Å²) < 4.78 is 0. The number of nitrogens with zero attached hydrogens (tertiary/aromatic N) is 1. The molecule has 0 unspecified atom stereocenters. The fourth-order valence-corrected chi connectivity index (χ4v) is 4.03. The number of rotatable bonds is 6. The Morgan fingerprint density at radius 1 is 1.03 bits per heavy atom. The molecule has 2 N–H and O–H groups in total. The number of hydrogen-bond acceptors (Lipinski definition) is 4. The summed E-state index contributed by atoms with van der Waals surface area (Å²) in [6, 6.07) is 15.5. The van der Waals surface area contributed by atoms with Crippen molar-refractivity contribution < 1.29 is 9.59 Å². The first-order chi connectivity index (χ1) is 13.8. The van der Waals surface area contributed by atoms with Gasteiger partial charge < -0.3 is 10.6 Å². The third-order valence-corrected chi connectivity index (χ3v) is 5.55. The maximum atomic E-state index is 12.8.